The lowest BCUT2D eigenvalue weighted by atomic mass is 10.2. The minimum Gasteiger partial charge on any atom is -0.278 e. The number of rotatable bonds is 2. The van der Waals surface area contributed by atoms with Crippen LogP contribution in [0.2, 0.25) is 0 Å². The van der Waals surface area contributed by atoms with Gasteiger partial charge >= 0.3 is 0 Å². The van der Waals surface area contributed by atoms with E-state index in [1.54, 1.807) is 6.07 Å². The summed E-state index contributed by atoms with van der Waals surface area (Å²) in [5.41, 5.74) is 4.79. The van der Waals surface area contributed by atoms with Crippen LogP contribution in [-0.4, -0.2) is 6.21 Å². The highest BCUT2D eigenvalue weighted by molar-refractivity contribution is 5.75. The number of nitriles is 1. The van der Waals surface area contributed by atoms with Gasteiger partial charge in [0.05, 0.1) is 5.69 Å². The highest BCUT2D eigenvalue weighted by atomic mass is 15.3. The number of nitrogens with zero attached hydrogens (tertiary/aromatic N) is 2. The number of nitrogens with one attached hydrogen (secondary N) is 1. The van der Waals surface area contributed by atoms with Crippen molar-refractivity contribution in [1.29, 1.82) is 5.26 Å². The number of benzene rings is 1. The number of hydrazone groups is 1. The van der Waals surface area contributed by atoms with Gasteiger partial charge < -0.3 is 0 Å². The Balaban J connectivity index is 2.71. The Kier molecular flexibility index (Phi) is 2.86. The standard InChI is InChI=1S/C9H9N3/c1-8-4-2-3-5-9(8)12-11-7-6-10/h2-5,7,12H,1H3/b11-7+. The van der Waals surface area contributed by atoms with Crippen molar-refractivity contribution in [3.05, 3.63) is 29.8 Å². The molecule has 1 rings (SSSR count). The van der Waals surface area contributed by atoms with Gasteiger partial charge in [-0.15, -0.1) is 0 Å². The van der Waals surface area contributed by atoms with Crippen LogP contribution in [0.25, 0.3) is 0 Å². The summed E-state index contributed by atoms with van der Waals surface area (Å²) in [5, 5.41) is 11.9. The fourth-order valence-corrected chi connectivity index (χ4v) is 0.829. The van der Waals surface area contributed by atoms with E-state index in [2.05, 4.69) is 10.5 Å². The van der Waals surface area contributed by atoms with Crippen LogP contribution in [-0.2, 0) is 0 Å². The fraction of sp³-hybridized carbons (Fsp3) is 0.111. The molecule has 0 aliphatic carbocycles. The van der Waals surface area contributed by atoms with Gasteiger partial charge in [-0.25, -0.2) is 0 Å². The Labute approximate surface area is 71.3 Å². The summed E-state index contributed by atoms with van der Waals surface area (Å²) in [6.07, 6.45) is 1.16. The third-order valence-corrected chi connectivity index (χ3v) is 1.45. The molecule has 1 aromatic rings. The number of hydrogen-bond donors (Lipinski definition) is 1. The normalized spacial score (nSPS) is 9.67. The molecular formula is C9H9N3. The van der Waals surface area contributed by atoms with Crippen molar-refractivity contribution in [3.63, 3.8) is 0 Å². The second-order valence-electron chi connectivity index (χ2n) is 2.31. The Morgan fingerprint density at radius 3 is 2.92 bits per heavy atom. The monoisotopic (exact) mass is 159 g/mol. The molecule has 0 aliphatic heterocycles. The highest BCUT2D eigenvalue weighted by Crippen LogP contribution is 2.12. The molecule has 3 heteroatoms. The van der Waals surface area contributed by atoms with Crippen molar-refractivity contribution in [2.24, 2.45) is 5.10 Å². The molecule has 0 aliphatic rings. The van der Waals surface area contributed by atoms with Crippen molar-refractivity contribution in [2.45, 2.75) is 6.92 Å². The zero-order valence-electron chi connectivity index (χ0n) is 6.78. The van der Waals surface area contributed by atoms with Crippen molar-refractivity contribution in [2.75, 3.05) is 5.43 Å². The third-order valence-electron chi connectivity index (χ3n) is 1.45. The maximum absolute atomic E-state index is 8.17. The largest absolute Gasteiger partial charge is 0.278 e. The van der Waals surface area contributed by atoms with Crippen LogP contribution >= 0.6 is 0 Å². The summed E-state index contributed by atoms with van der Waals surface area (Å²) in [6, 6.07) is 9.55. The van der Waals surface area contributed by atoms with Gasteiger partial charge in [-0.1, -0.05) is 18.2 Å². The van der Waals surface area contributed by atoms with Crippen LogP contribution in [0.1, 0.15) is 5.56 Å². The Morgan fingerprint density at radius 2 is 2.25 bits per heavy atom. The molecule has 0 heterocycles. The van der Waals surface area contributed by atoms with Crippen molar-refractivity contribution < 1.29 is 0 Å². The molecule has 0 unspecified atom stereocenters. The van der Waals surface area contributed by atoms with Crippen molar-refractivity contribution in [1.82, 2.24) is 0 Å². The summed E-state index contributed by atoms with van der Waals surface area (Å²) in [4.78, 5) is 0. The van der Waals surface area contributed by atoms with E-state index in [-0.39, 0.29) is 0 Å². The second kappa shape index (κ2) is 4.14. The molecule has 0 bridgehead atoms. The first-order valence-electron chi connectivity index (χ1n) is 3.57. The van der Waals surface area contributed by atoms with Gasteiger partial charge in [0.2, 0.25) is 0 Å². The first-order chi connectivity index (χ1) is 5.84. The Hall–Kier alpha value is -1.82. The number of hydrogen-bond acceptors (Lipinski definition) is 3. The molecule has 0 aromatic heterocycles. The van der Waals surface area contributed by atoms with E-state index in [0.29, 0.717) is 0 Å². The Morgan fingerprint density at radius 1 is 1.50 bits per heavy atom. The molecule has 0 spiro atoms. The predicted molar refractivity (Wildman–Crippen MR) is 48.9 cm³/mol. The minimum absolute atomic E-state index is 0.920. The number of anilines is 1. The van der Waals surface area contributed by atoms with E-state index in [9.17, 15) is 0 Å². The van der Waals surface area contributed by atoms with Gasteiger partial charge in [-0.3, -0.25) is 5.43 Å². The molecule has 60 valence electrons. The SMILES string of the molecule is Cc1ccccc1N/N=C/C#N. The van der Waals surface area contributed by atoms with Gasteiger partial charge in [0.15, 0.2) is 0 Å². The zero-order valence-corrected chi connectivity index (χ0v) is 6.78. The molecule has 1 N–H and O–H groups in total. The molecule has 0 amide bonds. The quantitative estimate of drug-likeness (QED) is 0.529. The van der Waals surface area contributed by atoms with Gasteiger partial charge in [-0.2, -0.15) is 10.4 Å². The van der Waals surface area contributed by atoms with Crippen LogP contribution < -0.4 is 5.43 Å². The predicted octanol–water partition coefficient (Wildman–Crippen LogP) is 1.92. The minimum atomic E-state index is 0.920. The molecule has 0 fully saturated rings. The highest BCUT2D eigenvalue weighted by Gasteiger charge is 1.91. The number of aryl methyl sites for hydroxylation is 1. The number of para-hydroxylation sites is 1. The lowest BCUT2D eigenvalue weighted by Gasteiger charge is -2.01. The summed E-state index contributed by atoms with van der Waals surface area (Å²) >= 11 is 0. The van der Waals surface area contributed by atoms with E-state index in [0.717, 1.165) is 17.5 Å². The molecule has 1 aromatic carbocycles. The van der Waals surface area contributed by atoms with Gasteiger partial charge in [0.1, 0.15) is 12.3 Å². The molecular weight excluding hydrogens is 150 g/mol. The van der Waals surface area contributed by atoms with Crippen LogP contribution in [0.4, 0.5) is 5.69 Å². The smallest absolute Gasteiger partial charge is 0.124 e. The zero-order chi connectivity index (χ0) is 8.81. The molecule has 3 nitrogen and oxygen atoms in total. The summed E-state index contributed by atoms with van der Waals surface area (Å²) in [6.45, 7) is 1.98. The van der Waals surface area contributed by atoms with Crippen LogP contribution in [0.3, 0.4) is 0 Å². The average Bonchev–Trinajstić information content (AvgIpc) is 2.09. The summed E-state index contributed by atoms with van der Waals surface area (Å²) < 4.78 is 0. The van der Waals surface area contributed by atoms with Crippen LogP contribution in [0.5, 0.6) is 0 Å². The van der Waals surface area contributed by atoms with Gasteiger partial charge in [-0.05, 0) is 18.6 Å². The Bertz CT molecular complexity index is 323. The third kappa shape index (κ3) is 2.10. The van der Waals surface area contributed by atoms with Gasteiger partial charge in [0.25, 0.3) is 0 Å². The first-order valence-corrected chi connectivity index (χ1v) is 3.57. The van der Waals surface area contributed by atoms with E-state index in [1.807, 2.05) is 31.2 Å². The maximum atomic E-state index is 8.17. The molecule has 0 atom stereocenters. The molecule has 12 heavy (non-hydrogen) atoms. The molecule has 0 saturated heterocycles. The van der Waals surface area contributed by atoms with E-state index < -0.39 is 0 Å². The second-order valence-corrected chi connectivity index (χ2v) is 2.31. The van der Waals surface area contributed by atoms with Crippen molar-refractivity contribution in [3.8, 4) is 6.07 Å². The lowest BCUT2D eigenvalue weighted by molar-refractivity contribution is 1.31. The lowest BCUT2D eigenvalue weighted by Crippen LogP contribution is -1.90. The van der Waals surface area contributed by atoms with Gasteiger partial charge in [0, 0.05) is 0 Å². The topological polar surface area (TPSA) is 48.2 Å². The molecule has 0 saturated carbocycles. The first kappa shape index (κ1) is 8.28. The van der Waals surface area contributed by atoms with E-state index >= 15 is 0 Å². The van der Waals surface area contributed by atoms with Crippen molar-refractivity contribution >= 4 is 11.9 Å². The van der Waals surface area contributed by atoms with E-state index in [1.165, 1.54) is 0 Å². The maximum Gasteiger partial charge on any atom is 0.124 e. The van der Waals surface area contributed by atoms with E-state index in [4.69, 9.17) is 5.26 Å². The fourth-order valence-electron chi connectivity index (χ4n) is 0.829. The summed E-state index contributed by atoms with van der Waals surface area (Å²) in [7, 11) is 0. The van der Waals surface area contributed by atoms with Crippen LogP contribution in [0, 0.1) is 18.3 Å². The molecule has 0 radical (unpaired) electrons. The van der Waals surface area contributed by atoms with Crippen LogP contribution in [0.15, 0.2) is 29.4 Å². The summed E-state index contributed by atoms with van der Waals surface area (Å²) in [5.74, 6) is 0. The average molecular weight is 159 g/mol.